The van der Waals surface area contributed by atoms with E-state index in [1.54, 1.807) is 14.2 Å². The number of hydrogen-bond donors (Lipinski definition) is 0. The van der Waals surface area contributed by atoms with Gasteiger partial charge in [0.25, 0.3) is 0 Å². The maximum atomic E-state index is 5.33. The van der Waals surface area contributed by atoms with Crippen LogP contribution in [0.2, 0.25) is 0 Å². The lowest BCUT2D eigenvalue weighted by molar-refractivity contribution is 0.415. The standard InChI is InChI=1S/C28H24BrNO2/c1-31-27-16-12-25(13-17-27)30(26-14-18-28(32-2)19-15-26)24-10-8-21(9-11-24)6-7-22-4-3-5-23(29)20-22/h3-20H,1-2H3. The number of nitrogens with zero attached hydrogens (tertiary/aromatic N) is 1. The zero-order chi connectivity index (χ0) is 22.3. The third-order valence-electron chi connectivity index (χ3n) is 5.13. The van der Waals surface area contributed by atoms with E-state index < -0.39 is 0 Å². The average molecular weight is 486 g/mol. The maximum Gasteiger partial charge on any atom is 0.119 e. The van der Waals surface area contributed by atoms with Crippen LogP contribution in [0.25, 0.3) is 12.2 Å². The van der Waals surface area contributed by atoms with Crippen molar-refractivity contribution in [2.24, 2.45) is 0 Å². The minimum absolute atomic E-state index is 0.830. The second kappa shape index (κ2) is 10.2. The van der Waals surface area contributed by atoms with Crippen LogP contribution in [0.5, 0.6) is 11.5 Å². The third kappa shape index (κ3) is 5.21. The van der Waals surface area contributed by atoms with Crippen molar-refractivity contribution >= 4 is 45.1 Å². The summed E-state index contributed by atoms with van der Waals surface area (Å²) in [5.74, 6) is 1.66. The van der Waals surface area contributed by atoms with E-state index in [1.807, 2.05) is 36.4 Å². The summed E-state index contributed by atoms with van der Waals surface area (Å²) in [6.45, 7) is 0. The van der Waals surface area contributed by atoms with Gasteiger partial charge < -0.3 is 14.4 Å². The first-order valence-corrected chi connectivity index (χ1v) is 11.1. The van der Waals surface area contributed by atoms with Crippen LogP contribution in [-0.2, 0) is 0 Å². The normalized spacial score (nSPS) is 10.8. The number of halogens is 1. The van der Waals surface area contributed by atoms with Crippen molar-refractivity contribution in [3.8, 4) is 11.5 Å². The molecule has 0 amide bonds. The van der Waals surface area contributed by atoms with Crippen molar-refractivity contribution < 1.29 is 9.47 Å². The fourth-order valence-corrected chi connectivity index (χ4v) is 3.86. The maximum absolute atomic E-state index is 5.33. The summed E-state index contributed by atoms with van der Waals surface area (Å²) in [6.07, 6.45) is 4.24. The number of hydrogen-bond acceptors (Lipinski definition) is 3. The molecule has 160 valence electrons. The predicted molar refractivity (Wildman–Crippen MR) is 137 cm³/mol. The van der Waals surface area contributed by atoms with Crippen LogP contribution in [0.4, 0.5) is 17.1 Å². The number of benzene rings is 4. The molecule has 0 N–H and O–H groups in total. The van der Waals surface area contributed by atoms with Gasteiger partial charge in [-0.2, -0.15) is 0 Å². The van der Waals surface area contributed by atoms with E-state index in [1.165, 1.54) is 0 Å². The van der Waals surface area contributed by atoms with Crippen LogP contribution < -0.4 is 14.4 Å². The van der Waals surface area contributed by atoms with Gasteiger partial charge in [0.15, 0.2) is 0 Å². The first-order chi connectivity index (χ1) is 15.7. The van der Waals surface area contributed by atoms with E-state index in [2.05, 4.69) is 93.6 Å². The highest BCUT2D eigenvalue weighted by Crippen LogP contribution is 2.36. The number of anilines is 3. The van der Waals surface area contributed by atoms with Crippen LogP contribution >= 0.6 is 15.9 Å². The molecule has 0 saturated carbocycles. The van der Waals surface area contributed by atoms with Gasteiger partial charge in [0.05, 0.1) is 14.2 Å². The summed E-state index contributed by atoms with van der Waals surface area (Å²) < 4.78 is 11.7. The number of methoxy groups -OCH3 is 2. The molecule has 0 saturated heterocycles. The summed E-state index contributed by atoms with van der Waals surface area (Å²) in [5, 5.41) is 0. The van der Waals surface area contributed by atoms with Crippen LogP contribution in [-0.4, -0.2) is 14.2 Å². The summed E-state index contributed by atoms with van der Waals surface area (Å²) >= 11 is 3.52. The Morgan fingerprint density at radius 2 is 1.06 bits per heavy atom. The van der Waals surface area contributed by atoms with Crippen molar-refractivity contribution in [3.63, 3.8) is 0 Å². The molecule has 0 radical (unpaired) electrons. The van der Waals surface area contributed by atoms with Crippen molar-refractivity contribution in [1.82, 2.24) is 0 Å². The second-order valence-corrected chi connectivity index (χ2v) is 8.13. The smallest absolute Gasteiger partial charge is 0.119 e. The molecule has 0 fully saturated rings. The van der Waals surface area contributed by atoms with E-state index in [9.17, 15) is 0 Å². The van der Waals surface area contributed by atoms with Gasteiger partial charge in [-0.25, -0.2) is 0 Å². The lowest BCUT2D eigenvalue weighted by Gasteiger charge is -2.26. The van der Waals surface area contributed by atoms with E-state index in [-0.39, 0.29) is 0 Å². The molecule has 3 nitrogen and oxygen atoms in total. The van der Waals surface area contributed by atoms with Gasteiger partial charge >= 0.3 is 0 Å². The molecule has 0 atom stereocenters. The minimum Gasteiger partial charge on any atom is -0.497 e. The van der Waals surface area contributed by atoms with Crippen molar-refractivity contribution in [3.05, 3.63) is 113 Å². The fourth-order valence-electron chi connectivity index (χ4n) is 3.45. The summed E-state index contributed by atoms with van der Waals surface area (Å²) in [5.41, 5.74) is 5.46. The Kier molecular flexibility index (Phi) is 6.93. The quantitative estimate of drug-likeness (QED) is 0.246. The highest BCUT2D eigenvalue weighted by molar-refractivity contribution is 9.10. The summed E-state index contributed by atoms with van der Waals surface area (Å²) in [7, 11) is 3.35. The van der Waals surface area contributed by atoms with Gasteiger partial charge in [0, 0.05) is 21.5 Å². The summed E-state index contributed by atoms with van der Waals surface area (Å²) in [6, 6.07) is 32.9. The molecule has 4 aromatic rings. The Balaban J connectivity index is 1.65. The van der Waals surface area contributed by atoms with E-state index in [0.29, 0.717) is 0 Å². The van der Waals surface area contributed by atoms with Crippen molar-refractivity contribution in [2.75, 3.05) is 19.1 Å². The van der Waals surface area contributed by atoms with Crippen molar-refractivity contribution in [2.45, 2.75) is 0 Å². The minimum atomic E-state index is 0.830. The molecule has 0 aromatic heterocycles. The lowest BCUT2D eigenvalue weighted by Crippen LogP contribution is -2.09. The Bertz CT molecular complexity index is 1140. The van der Waals surface area contributed by atoms with E-state index in [4.69, 9.17) is 9.47 Å². The molecule has 0 bridgehead atoms. The second-order valence-electron chi connectivity index (χ2n) is 7.21. The van der Waals surface area contributed by atoms with Gasteiger partial charge in [0.1, 0.15) is 11.5 Å². The predicted octanol–water partition coefficient (Wildman–Crippen LogP) is 8.11. The molecule has 4 aromatic carbocycles. The molecule has 32 heavy (non-hydrogen) atoms. The zero-order valence-electron chi connectivity index (χ0n) is 18.0. The fraction of sp³-hybridized carbons (Fsp3) is 0.0714. The molecular weight excluding hydrogens is 462 g/mol. The highest BCUT2D eigenvalue weighted by atomic mass is 79.9. The van der Waals surface area contributed by atoms with Crippen LogP contribution in [0.15, 0.2) is 102 Å². The third-order valence-corrected chi connectivity index (χ3v) is 5.62. The summed E-state index contributed by atoms with van der Waals surface area (Å²) in [4.78, 5) is 2.21. The Morgan fingerprint density at radius 3 is 1.53 bits per heavy atom. The molecule has 0 aliphatic carbocycles. The lowest BCUT2D eigenvalue weighted by atomic mass is 10.1. The monoisotopic (exact) mass is 485 g/mol. The van der Waals surface area contributed by atoms with Crippen molar-refractivity contribution in [1.29, 1.82) is 0 Å². The zero-order valence-corrected chi connectivity index (χ0v) is 19.6. The Hall–Kier alpha value is -3.50. The van der Waals surface area contributed by atoms with Gasteiger partial charge in [0.2, 0.25) is 0 Å². The molecule has 0 unspecified atom stereocenters. The first kappa shape index (κ1) is 21.7. The SMILES string of the molecule is COc1ccc(N(c2ccc(C=Cc3cccc(Br)c3)cc2)c2ccc(OC)cc2)cc1. The Labute approximate surface area is 197 Å². The van der Waals surface area contributed by atoms with Crippen LogP contribution in [0.3, 0.4) is 0 Å². The molecule has 0 aliphatic rings. The number of rotatable bonds is 7. The number of ether oxygens (including phenoxy) is 2. The molecular formula is C28H24BrNO2. The van der Waals surface area contributed by atoms with Gasteiger partial charge in [-0.3, -0.25) is 0 Å². The highest BCUT2D eigenvalue weighted by Gasteiger charge is 2.12. The van der Waals surface area contributed by atoms with Crippen LogP contribution in [0, 0.1) is 0 Å². The Morgan fingerprint density at radius 1 is 0.594 bits per heavy atom. The van der Waals surface area contributed by atoms with Gasteiger partial charge in [-0.15, -0.1) is 0 Å². The largest absolute Gasteiger partial charge is 0.497 e. The molecule has 0 aliphatic heterocycles. The molecule has 0 spiro atoms. The average Bonchev–Trinajstić information content (AvgIpc) is 2.84. The molecule has 0 heterocycles. The topological polar surface area (TPSA) is 21.7 Å². The van der Waals surface area contributed by atoms with E-state index >= 15 is 0 Å². The molecule has 4 heteroatoms. The van der Waals surface area contributed by atoms with E-state index in [0.717, 1.165) is 44.2 Å². The first-order valence-electron chi connectivity index (χ1n) is 10.3. The molecule has 4 rings (SSSR count). The van der Waals surface area contributed by atoms with Crippen LogP contribution in [0.1, 0.15) is 11.1 Å². The van der Waals surface area contributed by atoms with Gasteiger partial charge in [-0.1, -0.05) is 52.3 Å². The van der Waals surface area contributed by atoms with Gasteiger partial charge in [-0.05, 0) is 83.9 Å².